The van der Waals surface area contributed by atoms with Gasteiger partial charge in [0.2, 0.25) is 11.8 Å². The van der Waals surface area contributed by atoms with Gasteiger partial charge in [0.15, 0.2) is 0 Å². The minimum absolute atomic E-state index is 0.155. The molecule has 0 saturated carbocycles. The first kappa shape index (κ1) is 15.2. The van der Waals surface area contributed by atoms with Crippen molar-refractivity contribution in [2.75, 3.05) is 5.32 Å². The Morgan fingerprint density at radius 3 is 2.76 bits per heavy atom. The lowest BCUT2D eigenvalue weighted by atomic mass is 10.1. The minimum Gasteiger partial charge on any atom is -0.348 e. The Bertz CT molecular complexity index is 633. The van der Waals surface area contributed by atoms with E-state index in [1.165, 1.54) is 18.3 Å². The summed E-state index contributed by atoms with van der Waals surface area (Å²) in [5.41, 5.74) is 0.837. The Hall–Kier alpha value is -2.15. The van der Waals surface area contributed by atoms with Gasteiger partial charge in [-0.1, -0.05) is 6.07 Å². The van der Waals surface area contributed by atoms with E-state index < -0.39 is 0 Å². The van der Waals surface area contributed by atoms with Crippen LogP contribution in [0.25, 0.3) is 0 Å². The second-order valence-electron chi connectivity index (χ2n) is 4.82. The van der Waals surface area contributed by atoms with Crippen molar-refractivity contribution < 1.29 is 9.59 Å². The summed E-state index contributed by atoms with van der Waals surface area (Å²) in [7, 11) is 1.77. The van der Waals surface area contributed by atoms with Crippen LogP contribution in [-0.2, 0) is 16.6 Å². The van der Waals surface area contributed by atoms with E-state index in [2.05, 4.69) is 15.7 Å². The number of aryl methyl sites for hydroxylation is 2. The summed E-state index contributed by atoms with van der Waals surface area (Å²) < 4.78 is 1.62. The van der Waals surface area contributed by atoms with Gasteiger partial charge in [0.05, 0.1) is 18.2 Å². The zero-order valence-corrected chi connectivity index (χ0v) is 13.0. The zero-order valence-electron chi connectivity index (χ0n) is 12.2. The van der Waals surface area contributed by atoms with Crippen molar-refractivity contribution in [1.82, 2.24) is 15.1 Å². The van der Waals surface area contributed by atoms with Gasteiger partial charge in [-0.2, -0.15) is 5.10 Å². The van der Waals surface area contributed by atoms with Crippen LogP contribution in [0.5, 0.6) is 0 Å². The fourth-order valence-electron chi connectivity index (χ4n) is 2.06. The zero-order chi connectivity index (χ0) is 15.4. The third-order valence-electron chi connectivity index (χ3n) is 2.92. The van der Waals surface area contributed by atoms with Crippen LogP contribution in [0.2, 0.25) is 0 Å². The monoisotopic (exact) mass is 306 g/mol. The number of hydrogen-bond donors (Lipinski definition) is 2. The van der Waals surface area contributed by atoms with E-state index in [1.807, 2.05) is 24.4 Å². The Labute approximate surface area is 127 Å². The van der Waals surface area contributed by atoms with Crippen LogP contribution in [0.3, 0.4) is 0 Å². The predicted octanol–water partition coefficient (Wildman–Crippen LogP) is 2.00. The molecule has 2 rings (SSSR count). The topological polar surface area (TPSA) is 76.0 Å². The minimum atomic E-state index is -0.308. The highest BCUT2D eigenvalue weighted by Crippen LogP contribution is 2.22. The second-order valence-corrected chi connectivity index (χ2v) is 5.79. The van der Waals surface area contributed by atoms with Gasteiger partial charge >= 0.3 is 0 Å². The summed E-state index contributed by atoms with van der Waals surface area (Å²) in [6.07, 6.45) is 0.185. The van der Waals surface area contributed by atoms with Crippen LogP contribution in [0.1, 0.15) is 30.0 Å². The van der Waals surface area contributed by atoms with Crippen molar-refractivity contribution in [2.24, 2.45) is 7.05 Å². The molecule has 1 atom stereocenters. The molecule has 0 aliphatic carbocycles. The molecular formula is C14H18N4O2S. The quantitative estimate of drug-likeness (QED) is 0.887. The molecule has 2 N–H and O–H groups in total. The highest BCUT2D eigenvalue weighted by molar-refractivity contribution is 7.10. The van der Waals surface area contributed by atoms with Gasteiger partial charge in [-0.05, 0) is 18.4 Å². The summed E-state index contributed by atoms with van der Waals surface area (Å²) in [4.78, 5) is 24.4. The average molecular weight is 306 g/mol. The lowest BCUT2D eigenvalue weighted by Gasteiger charge is -2.16. The normalized spacial score (nSPS) is 12.0. The number of carbonyl (C=O) groups excluding carboxylic acids is 2. The van der Waals surface area contributed by atoms with Gasteiger partial charge in [-0.25, -0.2) is 0 Å². The van der Waals surface area contributed by atoms with E-state index in [0.717, 1.165) is 10.6 Å². The van der Waals surface area contributed by atoms with Gasteiger partial charge in [0.25, 0.3) is 0 Å². The fraction of sp³-hybridized carbons (Fsp3) is 0.357. The molecule has 0 aliphatic rings. The smallest absolute Gasteiger partial charge is 0.227 e. The first-order valence-corrected chi connectivity index (χ1v) is 7.44. The van der Waals surface area contributed by atoms with E-state index in [4.69, 9.17) is 0 Å². The van der Waals surface area contributed by atoms with Crippen LogP contribution < -0.4 is 10.6 Å². The number of rotatable bonds is 5. The highest BCUT2D eigenvalue weighted by Gasteiger charge is 2.18. The number of hydrogen-bond acceptors (Lipinski definition) is 4. The summed E-state index contributed by atoms with van der Waals surface area (Å²) >= 11 is 1.52. The van der Waals surface area contributed by atoms with E-state index in [9.17, 15) is 9.59 Å². The third kappa shape index (κ3) is 4.16. The fourth-order valence-corrected chi connectivity index (χ4v) is 2.84. The van der Waals surface area contributed by atoms with Gasteiger partial charge in [-0.3, -0.25) is 14.3 Å². The summed E-state index contributed by atoms with van der Waals surface area (Å²) in [5, 5.41) is 11.7. The van der Waals surface area contributed by atoms with E-state index in [0.29, 0.717) is 5.82 Å². The molecule has 2 aromatic heterocycles. The molecule has 2 aromatic rings. The standard InChI is InChI=1S/C14H18N4O2S/c1-9-7-13(18(3)17-9)16-14(20)8-11(15-10(2)19)12-5-4-6-21-12/h4-7,11H,8H2,1-3H3,(H,15,19)(H,16,20)/t11-/m1/s1. The number of aromatic nitrogens is 2. The molecule has 2 heterocycles. The molecule has 112 valence electrons. The molecule has 0 aliphatic heterocycles. The predicted molar refractivity (Wildman–Crippen MR) is 82.1 cm³/mol. The van der Waals surface area contributed by atoms with Crippen LogP contribution in [0.15, 0.2) is 23.6 Å². The van der Waals surface area contributed by atoms with Gasteiger partial charge in [0, 0.05) is 24.9 Å². The Morgan fingerprint density at radius 1 is 1.48 bits per heavy atom. The molecule has 0 radical (unpaired) electrons. The molecule has 0 fully saturated rings. The number of thiophene rings is 1. The van der Waals surface area contributed by atoms with Crippen LogP contribution in [0.4, 0.5) is 5.82 Å². The summed E-state index contributed by atoms with van der Waals surface area (Å²) in [5.74, 6) is 0.327. The van der Waals surface area contributed by atoms with Crippen molar-refractivity contribution in [1.29, 1.82) is 0 Å². The van der Waals surface area contributed by atoms with Crippen LogP contribution in [-0.4, -0.2) is 21.6 Å². The molecular weight excluding hydrogens is 288 g/mol. The van der Waals surface area contributed by atoms with E-state index >= 15 is 0 Å². The Balaban J connectivity index is 2.04. The number of nitrogens with one attached hydrogen (secondary N) is 2. The Morgan fingerprint density at radius 2 is 2.24 bits per heavy atom. The molecule has 0 spiro atoms. The first-order valence-electron chi connectivity index (χ1n) is 6.56. The number of nitrogens with zero attached hydrogens (tertiary/aromatic N) is 2. The van der Waals surface area contributed by atoms with Crippen molar-refractivity contribution in [2.45, 2.75) is 26.3 Å². The lowest BCUT2D eigenvalue weighted by Crippen LogP contribution is -2.29. The molecule has 0 unspecified atom stereocenters. The number of anilines is 1. The van der Waals surface area contributed by atoms with Crippen LogP contribution >= 0.6 is 11.3 Å². The first-order chi connectivity index (χ1) is 9.95. The maximum Gasteiger partial charge on any atom is 0.227 e. The molecule has 0 bridgehead atoms. The molecule has 0 aromatic carbocycles. The van der Waals surface area contributed by atoms with Crippen molar-refractivity contribution in [3.05, 3.63) is 34.2 Å². The molecule has 6 nitrogen and oxygen atoms in total. The number of carbonyl (C=O) groups is 2. The van der Waals surface area contributed by atoms with Crippen LogP contribution in [0, 0.1) is 6.92 Å². The van der Waals surface area contributed by atoms with Crippen molar-refractivity contribution >= 4 is 29.0 Å². The third-order valence-corrected chi connectivity index (χ3v) is 3.91. The molecule has 0 saturated heterocycles. The van der Waals surface area contributed by atoms with Crippen molar-refractivity contribution in [3.8, 4) is 0 Å². The molecule has 7 heteroatoms. The van der Waals surface area contributed by atoms with Gasteiger partial charge in [0.1, 0.15) is 5.82 Å². The largest absolute Gasteiger partial charge is 0.348 e. The maximum atomic E-state index is 12.2. The van der Waals surface area contributed by atoms with E-state index in [1.54, 1.807) is 17.8 Å². The molecule has 21 heavy (non-hydrogen) atoms. The molecule has 2 amide bonds. The van der Waals surface area contributed by atoms with Crippen molar-refractivity contribution in [3.63, 3.8) is 0 Å². The average Bonchev–Trinajstić information content (AvgIpc) is 2.98. The van der Waals surface area contributed by atoms with E-state index in [-0.39, 0.29) is 24.3 Å². The Kier molecular flexibility index (Phi) is 4.74. The SMILES string of the molecule is CC(=O)N[C@H](CC(=O)Nc1cc(C)nn1C)c1cccs1. The van der Waals surface area contributed by atoms with Gasteiger partial charge < -0.3 is 10.6 Å². The number of amides is 2. The lowest BCUT2D eigenvalue weighted by molar-refractivity contribution is -0.120. The van der Waals surface area contributed by atoms with Gasteiger partial charge in [-0.15, -0.1) is 11.3 Å². The summed E-state index contributed by atoms with van der Waals surface area (Å²) in [6, 6.07) is 5.30. The highest BCUT2D eigenvalue weighted by atomic mass is 32.1. The summed E-state index contributed by atoms with van der Waals surface area (Å²) in [6.45, 7) is 3.31. The second kappa shape index (κ2) is 6.53. The maximum absolute atomic E-state index is 12.2.